The fraction of sp³-hybridized carbons (Fsp3) is 0.667. The minimum atomic E-state index is -0.487. The topological polar surface area (TPSA) is 76.1 Å². The zero-order valence-corrected chi connectivity index (χ0v) is 15.0. The molecule has 0 radical (unpaired) electrons. The summed E-state index contributed by atoms with van der Waals surface area (Å²) >= 11 is 1.60. The molecule has 0 unspecified atom stereocenters. The molecule has 0 fully saturated rings. The molecule has 1 rings (SSSR count). The molecule has 22 heavy (non-hydrogen) atoms. The summed E-state index contributed by atoms with van der Waals surface area (Å²) in [4.78, 5) is 21.2. The van der Waals surface area contributed by atoms with Gasteiger partial charge in [0.15, 0.2) is 0 Å². The van der Waals surface area contributed by atoms with Crippen LogP contribution < -0.4 is 10.6 Å². The Labute approximate surface area is 136 Å². The Kier molecular flexibility index (Phi) is 6.47. The lowest BCUT2D eigenvalue weighted by molar-refractivity contribution is 0.0508. The van der Waals surface area contributed by atoms with Gasteiger partial charge in [0.25, 0.3) is 0 Å². The fourth-order valence-electron chi connectivity index (χ4n) is 1.52. The molecule has 6 nitrogen and oxygen atoms in total. The first-order chi connectivity index (χ1) is 10.1. The Hall–Kier alpha value is -1.50. The zero-order chi connectivity index (χ0) is 16.8. The molecule has 0 bridgehead atoms. The van der Waals surface area contributed by atoms with Gasteiger partial charge in [0.05, 0.1) is 0 Å². The van der Waals surface area contributed by atoms with Gasteiger partial charge in [0.1, 0.15) is 5.60 Å². The van der Waals surface area contributed by atoms with Crippen LogP contribution in [0.15, 0.2) is 17.3 Å². The predicted molar refractivity (Wildman–Crippen MR) is 90.3 cm³/mol. The first kappa shape index (κ1) is 18.5. The van der Waals surface area contributed by atoms with Crippen molar-refractivity contribution in [1.29, 1.82) is 0 Å². The molecular weight excluding hydrogens is 300 g/mol. The predicted octanol–water partition coefficient (Wildman–Crippen LogP) is 3.16. The number of aromatic nitrogens is 2. The second kappa shape index (κ2) is 7.67. The van der Waals surface area contributed by atoms with Gasteiger partial charge >= 0.3 is 6.09 Å². The number of carbonyl (C=O) groups excluding carboxylic acids is 1. The number of nitrogens with zero attached hydrogens (tertiary/aromatic N) is 2. The molecule has 0 aromatic carbocycles. The molecule has 1 amide bonds. The van der Waals surface area contributed by atoms with Gasteiger partial charge in [-0.2, -0.15) is 0 Å². The van der Waals surface area contributed by atoms with Gasteiger partial charge in [-0.15, -0.1) is 11.8 Å². The van der Waals surface area contributed by atoms with E-state index < -0.39 is 11.7 Å². The third-order valence-corrected chi connectivity index (χ3v) is 3.38. The van der Waals surface area contributed by atoms with Gasteiger partial charge in [0, 0.05) is 30.4 Å². The summed E-state index contributed by atoms with van der Waals surface area (Å²) in [5.41, 5.74) is -0.641. The van der Waals surface area contributed by atoms with E-state index in [0.717, 1.165) is 4.90 Å². The molecule has 1 aromatic heterocycles. The summed E-state index contributed by atoms with van der Waals surface area (Å²) in [6, 6.07) is 0. The lowest BCUT2D eigenvalue weighted by atomic mass is 9.93. The number of carbonyl (C=O) groups is 1. The lowest BCUT2D eigenvalue weighted by Crippen LogP contribution is -2.40. The minimum Gasteiger partial charge on any atom is -0.444 e. The second-order valence-electron chi connectivity index (χ2n) is 6.82. The van der Waals surface area contributed by atoms with Gasteiger partial charge in [-0.1, -0.05) is 13.8 Å². The summed E-state index contributed by atoms with van der Waals surface area (Å²) in [5, 5.41) is 5.97. The number of ether oxygens (including phenoxy) is 1. The number of alkyl carbamates (subject to hydrolysis) is 1. The Morgan fingerprint density at radius 3 is 2.27 bits per heavy atom. The SMILES string of the molecule is CSc1cnc(NCC(C)(C)CNC(=O)OC(C)(C)C)nc1. The van der Waals surface area contributed by atoms with Crippen molar-refractivity contribution < 1.29 is 9.53 Å². The molecule has 0 spiro atoms. The lowest BCUT2D eigenvalue weighted by Gasteiger charge is -2.26. The number of rotatable bonds is 6. The van der Waals surface area contributed by atoms with Crippen LogP contribution >= 0.6 is 11.8 Å². The smallest absolute Gasteiger partial charge is 0.407 e. The molecule has 7 heteroatoms. The van der Waals surface area contributed by atoms with E-state index in [1.54, 1.807) is 24.2 Å². The van der Waals surface area contributed by atoms with Crippen molar-refractivity contribution in [2.75, 3.05) is 24.7 Å². The van der Waals surface area contributed by atoms with Crippen molar-refractivity contribution in [1.82, 2.24) is 15.3 Å². The normalized spacial score (nSPS) is 11.9. The number of hydrogen-bond donors (Lipinski definition) is 2. The fourth-order valence-corrected chi connectivity index (χ4v) is 1.84. The highest BCUT2D eigenvalue weighted by Crippen LogP contribution is 2.16. The maximum Gasteiger partial charge on any atom is 0.407 e. The number of hydrogen-bond acceptors (Lipinski definition) is 6. The summed E-state index contributed by atoms with van der Waals surface area (Å²) in [5.74, 6) is 0.586. The molecule has 0 saturated heterocycles. The zero-order valence-electron chi connectivity index (χ0n) is 14.2. The largest absolute Gasteiger partial charge is 0.444 e. The summed E-state index contributed by atoms with van der Waals surface area (Å²) in [6.45, 7) is 10.8. The van der Waals surface area contributed by atoms with E-state index in [0.29, 0.717) is 19.0 Å². The number of nitrogens with one attached hydrogen (secondary N) is 2. The van der Waals surface area contributed by atoms with Crippen LogP contribution in [0.3, 0.4) is 0 Å². The molecule has 0 aliphatic heterocycles. The van der Waals surface area contributed by atoms with E-state index in [-0.39, 0.29) is 5.41 Å². The molecule has 0 saturated carbocycles. The monoisotopic (exact) mass is 326 g/mol. The van der Waals surface area contributed by atoms with E-state index in [2.05, 4.69) is 20.6 Å². The first-order valence-electron chi connectivity index (χ1n) is 7.18. The number of amides is 1. The summed E-state index contributed by atoms with van der Waals surface area (Å²) < 4.78 is 5.22. The Morgan fingerprint density at radius 1 is 1.18 bits per heavy atom. The average Bonchev–Trinajstić information content (AvgIpc) is 2.42. The maximum atomic E-state index is 11.7. The van der Waals surface area contributed by atoms with Crippen molar-refractivity contribution >= 4 is 23.8 Å². The number of anilines is 1. The number of thioether (sulfide) groups is 1. The van der Waals surface area contributed by atoms with Crippen molar-refractivity contribution in [3.63, 3.8) is 0 Å². The quantitative estimate of drug-likeness (QED) is 0.782. The molecule has 1 aromatic rings. The van der Waals surface area contributed by atoms with Gasteiger partial charge in [-0.25, -0.2) is 14.8 Å². The highest BCUT2D eigenvalue weighted by Gasteiger charge is 2.22. The van der Waals surface area contributed by atoms with Gasteiger partial charge in [-0.3, -0.25) is 0 Å². The third kappa shape index (κ3) is 7.49. The second-order valence-corrected chi connectivity index (χ2v) is 7.70. The van der Waals surface area contributed by atoms with E-state index in [1.165, 1.54) is 0 Å². The van der Waals surface area contributed by atoms with E-state index >= 15 is 0 Å². The van der Waals surface area contributed by atoms with E-state index in [1.807, 2.05) is 40.9 Å². The van der Waals surface area contributed by atoms with Crippen LogP contribution in [-0.4, -0.2) is 41.0 Å². The molecular formula is C15H26N4O2S. The molecule has 2 N–H and O–H groups in total. The standard InChI is InChI=1S/C15H26N4O2S/c1-14(2,3)21-13(20)19-10-15(4,5)9-18-12-16-7-11(22-6)8-17-12/h7-8H,9-10H2,1-6H3,(H,19,20)(H,16,17,18). The van der Waals surface area contributed by atoms with Gasteiger partial charge < -0.3 is 15.4 Å². The van der Waals surface area contributed by atoms with Crippen molar-refractivity contribution in [3.05, 3.63) is 12.4 Å². The third-order valence-electron chi connectivity index (χ3n) is 2.70. The Balaban J connectivity index is 2.41. The summed E-state index contributed by atoms with van der Waals surface area (Å²) in [6.07, 6.45) is 5.15. The molecule has 0 atom stereocenters. The van der Waals surface area contributed by atoms with Crippen LogP contribution in [0.5, 0.6) is 0 Å². The summed E-state index contributed by atoms with van der Waals surface area (Å²) in [7, 11) is 0. The van der Waals surface area contributed by atoms with Gasteiger partial charge in [0.2, 0.25) is 5.95 Å². The maximum absolute atomic E-state index is 11.7. The van der Waals surface area contributed by atoms with Gasteiger partial charge in [-0.05, 0) is 32.4 Å². The minimum absolute atomic E-state index is 0.154. The Morgan fingerprint density at radius 2 is 1.77 bits per heavy atom. The van der Waals surface area contributed by atoms with Crippen LogP contribution in [0.2, 0.25) is 0 Å². The molecule has 1 heterocycles. The van der Waals surface area contributed by atoms with Crippen LogP contribution in [0.1, 0.15) is 34.6 Å². The molecule has 0 aliphatic carbocycles. The van der Waals surface area contributed by atoms with Crippen molar-refractivity contribution in [3.8, 4) is 0 Å². The van der Waals surface area contributed by atoms with Crippen molar-refractivity contribution in [2.45, 2.75) is 45.1 Å². The average molecular weight is 326 g/mol. The van der Waals surface area contributed by atoms with Crippen LogP contribution in [0, 0.1) is 5.41 Å². The van der Waals surface area contributed by atoms with Crippen molar-refractivity contribution in [2.24, 2.45) is 5.41 Å². The van der Waals surface area contributed by atoms with Crippen LogP contribution in [0.4, 0.5) is 10.7 Å². The van der Waals surface area contributed by atoms with Crippen LogP contribution in [0.25, 0.3) is 0 Å². The highest BCUT2D eigenvalue weighted by atomic mass is 32.2. The molecule has 124 valence electrons. The van der Waals surface area contributed by atoms with E-state index in [9.17, 15) is 4.79 Å². The Bertz CT molecular complexity index is 483. The van der Waals surface area contributed by atoms with E-state index in [4.69, 9.17) is 4.74 Å². The highest BCUT2D eigenvalue weighted by molar-refractivity contribution is 7.98. The first-order valence-corrected chi connectivity index (χ1v) is 8.40. The van der Waals surface area contributed by atoms with Crippen LogP contribution in [-0.2, 0) is 4.74 Å². The molecule has 0 aliphatic rings.